The van der Waals surface area contributed by atoms with Crippen LogP contribution in [0.4, 0.5) is 0 Å². The third-order valence-corrected chi connectivity index (χ3v) is 8.99. The Balaban J connectivity index is 1.93. The van der Waals surface area contributed by atoms with Crippen molar-refractivity contribution in [3.05, 3.63) is 60.7 Å². The molecule has 0 amide bonds. The molecule has 0 spiro atoms. The predicted molar refractivity (Wildman–Crippen MR) is 157 cm³/mol. The van der Waals surface area contributed by atoms with Crippen molar-refractivity contribution in [3.63, 3.8) is 0 Å². The van der Waals surface area contributed by atoms with E-state index in [-0.39, 0.29) is 0 Å². The van der Waals surface area contributed by atoms with Gasteiger partial charge in [0.15, 0.2) is 11.1 Å². The fourth-order valence-electron chi connectivity index (χ4n) is 4.36. The van der Waals surface area contributed by atoms with Gasteiger partial charge in [-0.15, -0.1) is 0 Å². The van der Waals surface area contributed by atoms with Gasteiger partial charge in [0.1, 0.15) is 0 Å². The molecule has 0 aliphatic heterocycles. The van der Waals surface area contributed by atoms with Crippen LogP contribution in [-0.4, -0.2) is 13.2 Å². The molecule has 2 aromatic carbocycles. The van der Waals surface area contributed by atoms with E-state index in [1.807, 2.05) is 36.4 Å². The van der Waals surface area contributed by atoms with Crippen molar-refractivity contribution < 1.29 is 13.6 Å². The molecule has 0 saturated heterocycles. The molecule has 0 saturated carbocycles. The van der Waals surface area contributed by atoms with Gasteiger partial charge in [0, 0.05) is 0 Å². The molecule has 0 atom stereocenters. The monoisotopic (exact) mass is 515 g/mol. The summed E-state index contributed by atoms with van der Waals surface area (Å²) in [5, 5.41) is 1.02. The van der Waals surface area contributed by atoms with Crippen molar-refractivity contribution in [1.82, 2.24) is 0 Å². The van der Waals surface area contributed by atoms with Crippen LogP contribution in [0.5, 0.6) is 5.75 Å². The minimum absolute atomic E-state index is 0.669. The molecule has 0 bridgehead atoms. The number of hydrogen-bond donors (Lipinski definition) is 0. The Morgan fingerprint density at radius 2 is 0.861 bits per heavy atom. The molecule has 36 heavy (non-hydrogen) atoms. The summed E-state index contributed by atoms with van der Waals surface area (Å²) in [6.07, 6.45) is 20.5. The maximum Gasteiger partial charge on any atom is 0.492 e. The standard InChI is InChI=1S/C32H52O3P/c1-3-5-7-9-11-13-15-23-29-33-36(32-27-21-18-22-28-32,35-31-25-19-17-20-26-31)34-30-24-16-14-12-10-8-6-4-2/h17-22,25-28H,3-16,23-24,29-30H2,1-2H3/q+1. The van der Waals surface area contributed by atoms with Crippen LogP contribution in [0.1, 0.15) is 117 Å². The van der Waals surface area contributed by atoms with Crippen molar-refractivity contribution in [3.8, 4) is 5.75 Å². The topological polar surface area (TPSA) is 27.7 Å². The molecule has 0 aliphatic carbocycles. The van der Waals surface area contributed by atoms with E-state index in [0.717, 1.165) is 23.9 Å². The van der Waals surface area contributed by atoms with Crippen molar-refractivity contribution in [2.75, 3.05) is 13.2 Å². The second kappa shape index (κ2) is 20.6. The number of rotatable bonds is 23. The largest absolute Gasteiger partial charge is 0.492 e. The maximum atomic E-state index is 6.60. The second-order valence-corrected chi connectivity index (χ2v) is 12.1. The van der Waals surface area contributed by atoms with Crippen LogP contribution in [0.2, 0.25) is 0 Å². The smallest absolute Gasteiger partial charge is 0.281 e. The van der Waals surface area contributed by atoms with Gasteiger partial charge in [0.05, 0.1) is 13.2 Å². The van der Waals surface area contributed by atoms with Gasteiger partial charge in [-0.3, -0.25) is 4.52 Å². The van der Waals surface area contributed by atoms with Gasteiger partial charge in [-0.1, -0.05) is 140 Å². The zero-order chi connectivity index (χ0) is 25.6. The van der Waals surface area contributed by atoms with E-state index < -0.39 is 7.94 Å². The van der Waals surface area contributed by atoms with E-state index >= 15 is 0 Å². The second-order valence-electron chi connectivity index (χ2n) is 9.85. The van der Waals surface area contributed by atoms with Gasteiger partial charge in [-0.25, -0.2) is 0 Å². The molecular formula is C32H52O3P+. The summed E-state index contributed by atoms with van der Waals surface area (Å²) in [5.74, 6) is 0.807. The van der Waals surface area contributed by atoms with Crippen molar-refractivity contribution in [2.24, 2.45) is 0 Å². The fourth-order valence-corrected chi connectivity index (χ4v) is 6.62. The lowest BCUT2D eigenvalue weighted by atomic mass is 10.1. The highest BCUT2D eigenvalue weighted by molar-refractivity contribution is 7.69. The quantitative estimate of drug-likeness (QED) is 0.109. The highest BCUT2D eigenvalue weighted by Gasteiger charge is 2.50. The van der Waals surface area contributed by atoms with Gasteiger partial charge in [-0.2, -0.15) is 9.05 Å². The number of unbranched alkanes of at least 4 members (excludes halogenated alkanes) is 14. The Hall–Kier alpha value is -1.41. The predicted octanol–water partition coefficient (Wildman–Crippen LogP) is 10.5. The molecule has 0 aliphatic rings. The van der Waals surface area contributed by atoms with E-state index in [9.17, 15) is 0 Å². The fraction of sp³-hybridized carbons (Fsp3) is 0.625. The summed E-state index contributed by atoms with van der Waals surface area (Å²) in [6, 6.07) is 20.4. The lowest BCUT2D eigenvalue weighted by molar-refractivity contribution is 0.185. The van der Waals surface area contributed by atoms with Crippen LogP contribution in [0.15, 0.2) is 60.7 Å². The Labute approximate surface area is 222 Å². The van der Waals surface area contributed by atoms with E-state index in [2.05, 4.69) is 38.1 Å². The number of benzene rings is 2. The van der Waals surface area contributed by atoms with Gasteiger partial charge in [-0.05, 0) is 37.1 Å². The van der Waals surface area contributed by atoms with E-state index in [1.54, 1.807) is 0 Å². The van der Waals surface area contributed by atoms with Crippen LogP contribution in [0.25, 0.3) is 0 Å². The summed E-state index contributed by atoms with van der Waals surface area (Å²) < 4.78 is 19.8. The van der Waals surface area contributed by atoms with Crippen LogP contribution < -0.4 is 9.83 Å². The molecule has 4 heteroatoms. The molecular weight excluding hydrogens is 463 g/mol. The van der Waals surface area contributed by atoms with Crippen LogP contribution >= 0.6 is 7.94 Å². The highest BCUT2D eigenvalue weighted by Crippen LogP contribution is 2.60. The van der Waals surface area contributed by atoms with E-state index in [4.69, 9.17) is 13.6 Å². The van der Waals surface area contributed by atoms with E-state index in [1.165, 1.54) is 89.9 Å². The Kier molecular flexibility index (Phi) is 17.7. The summed E-state index contributed by atoms with van der Waals surface area (Å²) in [5.41, 5.74) is 0. The first-order valence-electron chi connectivity index (χ1n) is 14.8. The summed E-state index contributed by atoms with van der Waals surface area (Å²) >= 11 is 0. The molecule has 0 fully saturated rings. The number of hydrogen-bond acceptors (Lipinski definition) is 3. The minimum Gasteiger partial charge on any atom is -0.281 e. The summed E-state index contributed by atoms with van der Waals surface area (Å²) in [7, 11) is -2.71. The van der Waals surface area contributed by atoms with Crippen LogP contribution in [0, 0.1) is 0 Å². The average Bonchev–Trinajstić information content (AvgIpc) is 2.92. The molecule has 3 nitrogen and oxygen atoms in total. The highest BCUT2D eigenvalue weighted by atomic mass is 31.2. The lowest BCUT2D eigenvalue weighted by Crippen LogP contribution is -2.22. The molecule has 2 aromatic rings. The Bertz CT molecular complexity index is 716. The van der Waals surface area contributed by atoms with E-state index in [0.29, 0.717) is 13.2 Å². The van der Waals surface area contributed by atoms with Crippen molar-refractivity contribution >= 4 is 13.2 Å². The molecule has 202 valence electrons. The maximum absolute atomic E-state index is 6.60. The minimum atomic E-state index is -2.71. The summed E-state index contributed by atoms with van der Waals surface area (Å²) in [4.78, 5) is 0. The zero-order valence-corrected chi connectivity index (χ0v) is 24.1. The summed E-state index contributed by atoms with van der Waals surface area (Å²) in [6.45, 7) is 5.88. The molecule has 0 heterocycles. The Morgan fingerprint density at radius 1 is 0.472 bits per heavy atom. The molecule has 0 aromatic heterocycles. The van der Waals surface area contributed by atoms with Gasteiger partial charge in [0.2, 0.25) is 0 Å². The first-order chi connectivity index (χ1) is 17.8. The molecule has 0 unspecified atom stereocenters. The molecule has 0 N–H and O–H groups in total. The van der Waals surface area contributed by atoms with Crippen molar-refractivity contribution in [2.45, 2.75) is 117 Å². The molecule has 2 rings (SSSR count). The van der Waals surface area contributed by atoms with Gasteiger partial charge < -0.3 is 0 Å². The number of para-hydroxylation sites is 1. The van der Waals surface area contributed by atoms with Crippen LogP contribution in [-0.2, 0) is 9.05 Å². The SMILES string of the molecule is CCCCCCCCCCO[P+](OCCCCCCCCCC)(Oc1ccccc1)c1ccccc1. The third-order valence-electron chi connectivity index (χ3n) is 6.56. The van der Waals surface area contributed by atoms with Gasteiger partial charge in [0.25, 0.3) is 0 Å². The van der Waals surface area contributed by atoms with Crippen LogP contribution in [0.3, 0.4) is 0 Å². The molecule has 0 radical (unpaired) electrons. The zero-order valence-electron chi connectivity index (χ0n) is 23.2. The average molecular weight is 516 g/mol. The van der Waals surface area contributed by atoms with Gasteiger partial charge >= 0.3 is 7.94 Å². The first-order valence-corrected chi connectivity index (χ1v) is 16.3. The lowest BCUT2D eigenvalue weighted by Gasteiger charge is -2.22. The third kappa shape index (κ3) is 13.2. The first kappa shape index (κ1) is 30.8. The normalized spacial score (nSPS) is 11.6. The Morgan fingerprint density at radius 3 is 1.31 bits per heavy atom. The van der Waals surface area contributed by atoms with Crippen molar-refractivity contribution in [1.29, 1.82) is 0 Å².